The summed E-state index contributed by atoms with van der Waals surface area (Å²) in [5, 5.41) is 11.5. The number of ether oxygens (including phenoxy) is 1. The Kier molecular flexibility index (Phi) is 7.44. The number of nitrogens with zero attached hydrogens (tertiary/aromatic N) is 3. The average molecular weight is 571 g/mol. The number of halogens is 5. The summed E-state index contributed by atoms with van der Waals surface area (Å²) in [7, 11) is 0. The molecule has 1 N–H and O–H groups in total. The lowest BCUT2D eigenvalue weighted by molar-refractivity contribution is -0.215. The second kappa shape index (κ2) is 10.8. The first kappa shape index (κ1) is 27.5. The van der Waals surface area contributed by atoms with Crippen molar-refractivity contribution in [1.29, 1.82) is 5.26 Å². The summed E-state index contributed by atoms with van der Waals surface area (Å²) in [5.74, 6) is -3.66. The Bertz CT molecular complexity index is 1540. The van der Waals surface area contributed by atoms with Crippen LogP contribution in [0.1, 0.15) is 32.7 Å². The zero-order chi connectivity index (χ0) is 28.5. The van der Waals surface area contributed by atoms with Crippen LogP contribution in [0.15, 0.2) is 71.9 Å². The van der Waals surface area contributed by atoms with E-state index >= 15 is 4.39 Å². The number of aliphatic imine (C=N–C) groups is 1. The predicted octanol–water partition coefficient (Wildman–Crippen LogP) is 5.87. The van der Waals surface area contributed by atoms with E-state index < -0.39 is 47.9 Å². The number of carbonyl (C=O) groups excluding carboxylic acids is 1. The van der Waals surface area contributed by atoms with Crippen LogP contribution in [0.3, 0.4) is 0 Å². The minimum absolute atomic E-state index is 0.0184. The third kappa shape index (κ3) is 5.35. The van der Waals surface area contributed by atoms with E-state index in [9.17, 15) is 22.4 Å². The molecule has 2 aliphatic rings. The fraction of sp³-hybridized carbons (Fsp3) is 0.214. The molecule has 40 heavy (non-hydrogen) atoms. The molecule has 0 bridgehead atoms. The number of carbonyl (C=O) groups is 1. The Hall–Kier alpha value is -4.08. The number of alkyl halides is 3. The molecule has 2 aromatic carbocycles. The number of aromatic nitrogens is 1. The minimum Gasteiger partial charge on any atom is -0.365 e. The number of hydrogen-bond donors (Lipinski definition) is 1. The molecule has 1 fully saturated rings. The number of thioether (sulfide) groups is 1. The molecule has 0 unspecified atom stereocenters. The van der Waals surface area contributed by atoms with Gasteiger partial charge in [0.15, 0.2) is 11.3 Å². The highest BCUT2D eigenvalue weighted by Gasteiger charge is 2.62. The fourth-order valence-corrected chi connectivity index (χ4v) is 5.86. The lowest BCUT2D eigenvalue weighted by Crippen LogP contribution is -2.47. The Morgan fingerprint density at radius 1 is 1.18 bits per heavy atom. The van der Waals surface area contributed by atoms with Gasteiger partial charge in [0.1, 0.15) is 23.3 Å². The van der Waals surface area contributed by atoms with Crippen LogP contribution in [0.5, 0.6) is 0 Å². The Morgan fingerprint density at radius 2 is 1.95 bits per heavy atom. The van der Waals surface area contributed by atoms with Gasteiger partial charge in [0.05, 0.1) is 17.9 Å². The highest BCUT2D eigenvalue weighted by molar-refractivity contribution is 8.13. The topological polar surface area (TPSA) is 87.4 Å². The van der Waals surface area contributed by atoms with Crippen LogP contribution in [0.2, 0.25) is 0 Å². The lowest BCUT2D eigenvalue weighted by Gasteiger charge is -2.37. The van der Waals surface area contributed by atoms with Crippen molar-refractivity contribution in [2.75, 3.05) is 12.4 Å². The van der Waals surface area contributed by atoms with E-state index in [0.717, 1.165) is 23.9 Å². The summed E-state index contributed by atoms with van der Waals surface area (Å²) in [6.45, 7) is -0.600. The van der Waals surface area contributed by atoms with E-state index in [1.807, 2.05) is 6.07 Å². The largest absolute Gasteiger partial charge is 0.415 e. The quantitative estimate of drug-likeness (QED) is 0.397. The maximum absolute atomic E-state index is 15.4. The normalized spacial score (nSPS) is 22.7. The molecule has 1 amide bonds. The molecule has 6 nitrogen and oxygen atoms in total. The van der Waals surface area contributed by atoms with E-state index in [1.54, 1.807) is 30.3 Å². The molecule has 12 heteroatoms. The average Bonchev–Trinajstić information content (AvgIpc) is 3.35. The van der Waals surface area contributed by atoms with Crippen LogP contribution in [0.25, 0.3) is 11.9 Å². The molecule has 3 aromatic rings. The molecule has 2 aliphatic heterocycles. The van der Waals surface area contributed by atoms with E-state index in [-0.39, 0.29) is 33.3 Å². The first-order valence-electron chi connectivity index (χ1n) is 11.9. The molecule has 1 saturated heterocycles. The van der Waals surface area contributed by atoms with Gasteiger partial charge in [0.25, 0.3) is 5.91 Å². The van der Waals surface area contributed by atoms with Gasteiger partial charge in [-0.1, -0.05) is 36.0 Å². The van der Waals surface area contributed by atoms with Crippen molar-refractivity contribution in [2.45, 2.75) is 17.8 Å². The first-order chi connectivity index (χ1) is 19.1. The van der Waals surface area contributed by atoms with Gasteiger partial charge in [-0.05, 0) is 48.0 Å². The number of rotatable bonds is 4. The number of nitrogens with one attached hydrogen (secondary N) is 1. The summed E-state index contributed by atoms with van der Waals surface area (Å²) >= 11 is 0.909. The van der Waals surface area contributed by atoms with Crippen molar-refractivity contribution in [3.05, 3.63) is 101 Å². The molecule has 0 saturated carbocycles. The number of fused-ring (bicyclic) bond motifs is 1. The molecular weight excluding hydrogens is 551 g/mol. The summed E-state index contributed by atoms with van der Waals surface area (Å²) in [4.78, 5) is 21.1. The van der Waals surface area contributed by atoms with E-state index in [1.165, 1.54) is 30.5 Å². The number of nitriles is 1. The van der Waals surface area contributed by atoms with Gasteiger partial charge in [0, 0.05) is 29.0 Å². The zero-order valence-corrected chi connectivity index (χ0v) is 21.3. The third-order valence-corrected chi connectivity index (χ3v) is 7.62. The van der Waals surface area contributed by atoms with Crippen LogP contribution >= 0.6 is 11.8 Å². The second-order valence-corrected chi connectivity index (χ2v) is 10.1. The molecular formula is C28H19F5N4O2S. The van der Waals surface area contributed by atoms with Crippen molar-refractivity contribution >= 4 is 34.7 Å². The van der Waals surface area contributed by atoms with Crippen molar-refractivity contribution in [3.8, 4) is 6.07 Å². The number of benzene rings is 2. The molecule has 204 valence electrons. The highest BCUT2D eigenvalue weighted by atomic mass is 32.2. The van der Waals surface area contributed by atoms with Crippen LogP contribution in [0, 0.1) is 23.1 Å². The number of pyridine rings is 1. The standard InChI is InChI=1S/C28H19F5N4O2S/c29-21-8-6-16(11-22(30)23-9-7-17(12-34)13-35-23)10-19(21)27-15-39-24(28(31,32)33)20(27)14-40-26(37-27)36-25(38)18-4-2-1-3-5-18/h1-11,13,20,24H,14-15H2,(H,36,37,38)/b22-11-/t20-,24+,27-/m1/s1. The summed E-state index contributed by atoms with van der Waals surface area (Å²) in [6, 6.07) is 16.2. The molecule has 0 spiro atoms. The lowest BCUT2D eigenvalue weighted by atomic mass is 9.78. The molecule has 3 atom stereocenters. The number of amidine groups is 1. The fourth-order valence-electron chi connectivity index (χ4n) is 4.68. The van der Waals surface area contributed by atoms with Gasteiger partial charge >= 0.3 is 6.18 Å². The van der Waals surface area contributed by atoms with Gasteiger partial charge in [-0.2, -0.15) is 18.4 Å². The zero-order valence-electron chi connectivity index (χ0n) is 20.5. The van der Waals surface area contributed by atoms with E-state index in [2.05, 4.69) is 15.3 Å². The van der Waals surface area contributed by atoms with Crippen molar-refractivity contribution in [1.82, 2.24) is 10.3 Å². The van der Waals surface area contributed by atoms with Crippen LogP contribution < -0.4 is 5.32 Å². The summed E-state index contributed by atoms with van der Waals surface area (Å²) in [5.41, 5.74) is -1.45. The first-order valence-corrected chi connectivity index (χ1v) is 12.9. The molecule has 0 aliphatic carbocycles. The summed E-state index contributed by atoms with van der Waals surface area (Å²) in [6.07, 6.45) is -4.71. The van der Waals surface area contributed by atoms with Crippen molar-refractivity contribution in [2.24, 2.45) is 10.9 Å². The van der Waals surface area contributed by atoms with Gasteiger partial charge in [-0.15, -0.1) is 0 Å². The smallest absolute Gasteiger partial charge is 0.365 e. The van der Waals surface area contributed by atoms with Gasteiger partial charge in [-0.3, -0.25) is 9.78 Å². The number of hydrogen-bond acceptors (Lipinski definition) is 6. The van der Waals surface area contributed by atoms with Crippen molar-refractivity contribution < 1.29 is 31.5 Å². The van der Waals surface area contributed by atoms with E-state index in [4.69, 9.17) is 10.00 Å². The Morgan fingerprint density at radius 3 is 2.62 bits per heavy atom. The molecule has 3 heterocycles. The van der Waals surface area contributed by atoms with Gasteiger partial charge in [-0.25, -0.2) is 13.8 Å². The Balaban J connectivity index is 1.55. The molecule has 1 aromatic heterocycles. The molecule has 0 radical (unpaired) electrons. The molecule has 5 rings (SSSR count). The minimum atomic E-state index is -4.74. The van der Waals surface area contributed by atoms with E-state index in [0.29, 0.717) is 5.56 Å². The SMILES string of the molecule is N#Cc1ccc(/C(F)=C/c2ccc(F)c([C@]34CO[C@H](C(F)(F)F)[C@H]3CSC(NC(=O)c3ccccc3)=N4)c2)nc1. The van der Waals surface area contributed by atoms with Crippen LogP contribution in [0.4, 0.5) is 22.0 Å². The van der Waals surface area contributed by atoms with Crippen LogP contribution in [-0.4, -0.2) is 40.7 Å². The monoisotopic (exact) mass is 570 g/mol. The highest BCUT2D eigenvalue weighted by Crippen LogP contribution is 2.52. The maximum Gasteiger partial charge on any atom is 0.415 e. The van der Waals surface area contributed by atoms with Crippen LogP contribution in [-0.2, 0) is 10.3 Å². The third-order valence-electron chi connectivity index (χ3n) is 6.63. The summed E-state index contributed by atoms with van der Waals surface area (Å²) < 4.78 is 77.2. The number of amides is 1. The van der Waals surface area contributed by atoms with Crippen molar-refractivity contribution in [3.63, 3.8) is 0 Å². The Labute approximate surface area is 229 Å². The van der Waals surface area contributed by atoms with Gasteiger partial charge in [0.2, 0.25) is 0 Å². The maximum atomic E-state index is 15.4. The van der Waals surface area contributed by atoms with Gasteiger partial charge < -0.3 is 10.1 Å². The second-order valence-electron chi connectivity index (χ2n) is 9.13. The predicted molar refractivity (Wildman–Crippen MR) is 139 cm³/mol.